The summed E-state index contributed by atoms with van der Waals surface area (Å²) in [4.78, 5) is 0. The van der Waals surface area contributed by atoms with E-state index >= 15 is 0 Å². The monoisotopic (exact) mass is 308 g/mol. The van der Waals surface area contributed by atoms with Gasteiger partial charge in [0.2, 0.25) is 0 Å². The van der Waals surface area contributed by atoms with Crippen molar-refractivity contribution in [2.24, 2.45) is 17.7 Å². The summed E-state index contributed by atoms with van der Waals surface area (Å²) < 4.78 is 65.1. The number of benzene rings is 1. The fraction of sp³-hybridized carbons (Fsp3) is 0.571. The predicted octanol–water partition coefficient (Wildman–Crippen LogP) is 3.84. The second kappa shape index (κ2) is 6.27. The Morgan fingerprint density at radius 2 is 1.71 bits per heavy atom. The Balaban J connectivity index is 2.20. The van der Waals surface area contributed by atoms with Crippen LogP contribution in [0.15, 0.2) is 18.2 Å². The lowest BCUT2D eigenvalue weighted by atomic mass is 9.76. The molecular weight excluding hydrogens is 291 g/mol. The highest BCUT2D eigenvalue weighted by atomic mass is 19.4. The van der Waals surface area contributed by atoms with Crippen molar-refractivity contribution in [3.8, 4) is 0 Å². The van der Waals surface area contributed by atoms with E-state index in [1.54, 1.807) is 0 Å². The molecule has 0 bridgehead atoms. The third-order valence-corrected chi connectivity index (χ3v) is 4.07. The molecule has 21 heavy (non-hydrogen) atoms. The van der Waals surface area contributed by atoms with Crippen molar-refractivity contribution in [3.63, 3.8) is 0 Å². The van der Waals surface area contributed by atoms with Gasteiger partial charge >= 0.3 is 6.18 Å². The third kappa shape index (κ3) is 3.91. The molecule has 7 heteroatoms. The minimum atomic E-state index is -4.25. The lowest BCUT2D eigenvalue weighted by molar-refractivity contribution is -0.186. The highest BCUT2D eigenvalue weighted by molar-refractivity contribution is 5.22. The first-order valence-corrected chi connectivity index (χ1v) is 6.80. The molecule has 1 aromatic rings. The maximum atomic E-state index is 13.3. The van der Waals surface area contributed by atoms with Gasteiger partial charge in [-0.15, -0.1) is 0 Å². The van der Waals surface area contributed by atoms with Gasteiger partial charge in [-0.1, -0.05) is 6.42 Å². The van der Waals surface area contributed by atoms with Gasteiger partial charge in [0.05, 0.1) is 5.92 Å². The van der Waals surface area contributed by atoms with Crippen LogP contribution < -0.4 is 11.3 Å². The Kier molecular flexibility index (Phi) is 4.83. The number of halogens is 5. The Hall–Kier alpha value is -1.21. The highest BCUT2D eigenvalue weighted by Gasteiger charge is 2.43. The summed E-state index contributed by atoms with van der Waals surface area (Å²) >= 11 is 0. The normalized spacial score (nSPS) is 24.9. The van der Waals surface area contributed by atoms with Crippen molar-refractivity contribution in [3.05, 3.63) is 35.4 Å². The van der Waals surface area contributed by atoms with E-state index in [4.69, 9.17) is 5.84 Å². The van der Waals surface area contributed by atoms with Crippen molar-refractivity contribution in [1.82, 2.24) is 5.43 Å². The first-order valence-electron chi connectivity index (χ1n) is 6.80. The first-order chi connectivity index (χ1) is 9.81. The molecule has 3 unspecified atom stereocenters. The molecule has 0 aliphatic heterocycles. The molecule has 0 amide bonds. The second-order valence-corrected chi connectivity index (χ2v) is 5.51. The molecule has 2 rings (SSSR count). The average molecular weight is 308 g/mol. The van der Waals surface area contributed by atoms with Gasteiger partial charge in [-0.05, 0) is 42.9 Å². The number of alkyl halides is 3. The standard InChI is InChI=1S/C14H17F5N2/c15-11-5-9(6-12(16)7-11)13(21-20)8-2-1-3-10(4-8)14(17,18)19/h5-8,10,13,21H,1-4,20H2. The number of nitrogens with one attached hydrogen (secondary N) is 1. The molecule has 0 aromatic heterocycles. The third-order valence-electron chi connectivity index (χ3n) is 4.07. The quantitative estimate of drug-likeness (QED) is 0.506. The van der Waals surface area contributed by atoms with Gasteiger partial charge in [0.25, 0.3) is 0 Å². The molecule has 0 radical (unpaired) electrons. The zero-order chi connectivity index (χ0) is 15.6. The second-order valence-electron chi connectivity index (χ2n) is 5.51. The number of nitrogens with two attached hydrogens (primary N) is 1. The molecule has 1 aromatic carbocycles. The number of hydrogen-bond donors (Lipinski definition) is 2. The van der Waals surface area contributed by atoms with E-state index in [1.165, 1.54) is 0 Å². The van der Waals surface area contributed by atoms with Crippen molar-refractivity contribution in [2.45, 2.75) is 37.9 Å². The van der Waals surface area contributed by atoms with Gasteiger partial charge in [0, 0.05) is 12.1 Å². The topological polar surface area (TPSA) is 38.0 Å². The molecule has 1 saturated carbocycles. The Morgan fingerprint density at radius 1 is 1.10 bits per heavy atom. The fourth-order valence-corrected chi connectivity index (χ4v) is 3.09. The van der Waals surface area contributed by atoms with Crippen molar-refractivity contribution < 1.29 is 22.0 Å². The molecule has 1 aliphatic rings. The van der Waals surface area contributed by atoms with Gasteiger partial charge in [-0.2, -0.15) is 13.2 Å². The van der Waals surface area contributed by atoms with Gasteiger partial charge < -0.3 is 0 Å². The summed E-state index contributed by atoms with van der Waals surface area (Å²) in [5, 5.41) is 0. The van der Waals surface area contributed by atoms with Gasteiger partial charge in [-0.3, -0.25) is 11.3 Å². The van der Waals surface area contributed by atoms with Crippen LogP contribution in [-0.2, 0) is 0 Å². The fourth-order valence-electron chi connectivity index (χ4n) is 3.09. The summed E-state index contributed by atoms with van der Waals surface area (Å²) in [5.74, 6) is 2.08. The molecule has 0 heterocycles. The van der Waals surface area contributed by atoms with E-state index in [-0.39, 0.29) is 18.4 Å². The van der Waals surface area contributed by atoms with Crippen LogP contribution in [0.1, 0.15) is 37.3 Å². The van der Waals surface area contributed by atoms with Crippen molar-refractivity contribution in [2.75, 3.05) is 0 Å². The molecule has 1 fully saturated rings. The maximum Gasteiger partial charge on any atom is 0.391 e. The number of hydrazine groups is 1. The number of rotatable bonds is 3. The van der Waals surface area contributed by atoms with Gasteiger partial charge in [-0.25, -0.2) is 8.78 Å². The molecule has 118 valence electrons. The van der Waals surface area contributed by atoms with E-state index in [0.29, 0.717) is 12.8 Å². The molecular formula is C14H17F5N2. The summed E-state index contributed by atoms with van der Waals surface area (Å²) in [7, 11) is 0. The van der Waals surface area contributed by atoms with E-state index in [0.717, 1.165) is 18.2 Å². The summed E-state index contributed by atoms with van der Waals surface area (Å²) in [5.41, 5.74) is 2.65. The maximum absolute atomic E-state index is 13.3. The zero-order valence-electron chi connectivity index (χ0n) is 11.3. The van der Waals surface area contributed by atoms with Crippen LogP contribution in [0.4, 0.5) is 22.0 Å². The van der Waals surface area contributed by atoms with E-state index < -0.39 is 35.7 Å². The van der Waals surface area contributed by atoms with Crippen LogP contribution in [0.2, 0.25) is 0 Å². The van der Waals surface area contributed by atoms with Crippen molar-refractivity contribution >= 4 is 0 Å². The highest BCUT2D eigenvalue weighted by Crippen LogP contribution is 2.43. The SMILES string of the molecule is NNC(c1cc(F)cc(F)c1)C1CCCC(C(F)(F)F)C1. The average Bonchev–Trinajstić information content (AvgIpc) is 2.38. The zero-order valence-corrected chi connectivity index (χ0v) is 11.3. The van der Waals surface area contributed by atoms with E-state index in [1.807, 2.05) is 0 Å². The largest absolute Gasteiger partial charge is 0.391 e. The van der Waals surface area contributed by atoms with Crippen LogP contribution >= 0.6 is 0 Å². The first kappa shape index (κ1) is 16.2. The molecule has 2 nitrogen and oxygen atoms in total. The Labute approximate surface area is 119 Å². The summed E-state index contributed by atoms with van der Waals surface area (Å²) in [6.07, 6.45) is -3.28. The summed E-state index contributed by atoms with van der Waals surface area (Å²) in [6, 6.07) is 2.23. The van der Waals surface area contributed by atoms with Crippen LogP contribution in [0.25, 0.3) is 0 Å². The Morgan fingerprint density at radius 3 is 2.24 bits per heavy atom. The minimum absolute atomic E-state index is 0.0868. The van der Waals surface area contributed by atoms with Crippen LogP contribution in [-0.4, -0.2) is 6.18 Å². The van der Waals surface area contributed by atoms with Crippen LogP contribution in [0.5, 0.6) is 0 Å². The van der Waals surface area contributed by atoms with Crippen LogP contribution in [0, 0.1) is 23.5 Å². The Bertz CT molecular complexity index is 468. The number of hydrogen-bond acceptors (Lipinski definition) is 2. The molecule has 1 aliphatic carbocycles. The van der Waals surface area contributed by atoms with E-state index in [2.05, 4.69) is 5.43 Å². The smallest absolute Gasteiger partial charge is 0.271 e. The predicted molar refractivity (Wildman–Crippen MR) is 67.9 cm³/mol. The van der Waals surface area contributed by atoms with Crippen molar-refractivity contribution in [1.29, 1.82) is 0 Å². The molecule has 0 saturated heterocycles. The minimum Gasteiger partial charge on any atom is -0.271 e. The summed E-state index contributed by atoms with van der Waals surface area (Å²) in [6.45, 7) is 0. The van der Waals surface area contributed by atoms with E-state index in [9.17, 15) is 22.0 Å². The van der Waals surface area contributed by atoms with Gasteiger partial charge in [0.15, 0.2) is 0 Å². The molecule has 3 N–H and O–H groups in total. The van der Waals surface area contributed by atoms with Crippen LogP contribution in [0.3, 0.4) is 0 Å². The molecule has 3 atom stereocenters. The molecule has 0 spiro atoms. The lowest BCUT2D eigenvalue weighted by Crippen LogP contribution is -2.38. The lowest BCUT2D eigenvalue weighted by Gasteiger charge is -2.35. The van der Waals surface area contributed by atoms with Gasteiger partial charge in [0.1, 0.15) is 11.6 Å².